The molecule has 3 aliphatic heterocycles. The van der Waals surface area contributed by atoms with E-state index in [1.54, 1.807) is 72.1 Å². The van der Waals surface area contributed by atoms with Gasteiger partial charge in [-0.25, -0.2) is 4.79 Å². The molecule has 0 aromatic rings. The molecule has 18 heteroatoms. The first-order valence-electron chi connectivity index (χ1n) is 25.8. The van der Waals surface area contributed by atoms with Crippen LogP contribution in [0.3, 0.4) is 0 Å². The summed E-state index contributed by atoms with van der Waals surface area (Å²) in [6, 6.07) is -1.23. The van der Waals surface area contributed by atoms with Crippen LogP contribution in [0.15, 0.2) is 47.6 Å². The largest absolute Gasteiger partial charge is 0.460 e. The predicted molar refractivity (Wildman–Crippen MR) is 261 cm³/mol. The van der Waals surface area contributed by atoms with E-state index in [-0.39, 0.29) is 74.9 Å². The molecule has 15 nitrogen and oxygen atoms in total. The smallest absolute Gasteiger partial charge is 0.411 e. The van der Waals surface area contributed by atoms with Gasteiger partial charge in [-0.1, -0.05) is 71.1 Å². The molecular formula is C54H82F3NO14. The third kappa shape index (κ3) is 17.5. The van der Waals surface area contributed by atoms with E-state index < -0.39 is 103 Å². The molecule has 2 saturated heterocycles. The Morgan fingerprint density at radius 3 is 2.28 bits per heavy atom. The fourth-order valence-electron chi connectivity index (χ4n) is 10.5. The summed E-state index contributed by atoms with van der Waals surface area (Å²) >= 11 is 0. The summed E-state index contributed by atoms with van der Waals surface area (Å²) in [5, 5.41) is 34.0. The molecule has 72 heavy (non-hydrogen) atoms. The normalized spacial score (nSPS) is 37.9. The number of ether oxygens (including phenoxy) is 6. The van der Waals surface area contributed by atoms with Crippen molar-refractivity contribution < 1.29 is 80.9 Å². The SMILES string of the molecule is CO[C@@H]1C[C@H](C[C@@H](C)[C@@H]2CC(=O)[C@H](C)/C=C(\C)[C@@H](O)[C@@H](OC)C(=O)[C@H](C)C[C@H](C)/C=C/C=C/C=C(\C)C(OCCOCC(F)(F)F)C[C@@H]3CC[C@@H](C)[C@@](O)(O3)C(=O)C(=O)N3CCCC[C@H]3C(=O)O2)CC[C@H]1O. The van der Waals surface area contributed by atoms with Crippen LogP contribution in [0.5, 0.6) is 0 Å². The molecule has 3 N–H and O–H groups in total. The number of alkyl halides is 3. The molecular weight excluding hydrogens is 944 g/mol. The van der Waals surface area contributed by atoms with Crippen LogP contribution in [-0.4, -0.2) is 151 Å². The number of halogens is 3. The number of rotatable bonds is 10. The van der Waals surface area contributed by atoms with E-state index >= 15 is 0 Å². The van der Waals surface area contributed by atoms with E-state index in [1.807, 2.05) is 19.9 Å². The van der Waals surface area contributed by atoms with Gasteiger partial charge in [0.15, 0.2) is 5.78 Å². The molecule has 1 amide bonds. The highest BCUT2D eigenvalue weighted by Gasteiger charge is 2.53. The van der Waals surface area contributed by atoms with Crippen molar-refractivity contribution >= 4 is 29.2 Å². The second kappa shape index (κ2) is 28.3. The van der Waals surface area contributed by atoms with Crippen LogP contribution in [0, 0.1) is 35.5 Å². The van der Waals surface area contributed by atoms with Crippen molar-refractivity contribution in [3.63, 3.8) is 0 Å². The quantitative estimate of drug-likeness (QED) is 0.0863. The first kappa shape index (κ1) is 60.9. The van der Waals surface area contributed by atoms with Gasteiger partial charge < -0.3 is 48.6 Å². The number of carbonyl (C=O) groups excluding carboxylic acids is 5. The molecule has 0 aromatic carbocycles. The molecule has 3 fully saturated rings. The van der Waals surface area contributed by atoms with Crippen LogP contribution >= 0.6 is 0 Å². The molecule has 2 bridgehead atoms. The van der Waals surface area contributed by atoms with Gasteiger partial charge in [0.05, 0.1) is 37.6 Å². The van der Waals surface area contributed by atoms with Crippen LogP contribution in [0.4, 0.5) is 13.2 Å². The minimum Gasteiger partial charge on any atom is -0.460 e. The van der Waals surface area contributed by atoms with Gasteiger partial charge in [0.1, 0.15) is 36.7 Å². The highest BCUT2D eigenvalue weighted by atomic mass is 19.4. The Labute approximate surface area is 423 Å². The average Bonchev–Trinajstić information content (AvgIpc) is 3.33. The number of carbonyl (C=O) groups is 5. The van der Waals surface area contributed by atoms with Crippen molar-refractivity contribution in [3.8, 4) is 0 Å². The summed E-state index contributed by atoms with van der Waals surface area (Å²) in [6.45, 7) is 10.2. The van der Waals surface area contributed by atoms with Crippen molar-refractivity contribution in [1.82, 2.24) is 4.90 Å². The average molecular weight is 1030 g/mol. The van der Waals surface area contributed by atoms with Crippen LogP contribution in [0.1, 0.15) is 126 Å². The molecule has 0 spiro atoms. The van der Waals surface area contributed by atoms with Crippen LogP contribution in [0.25, 0.3) is 0 Å². The number of piperidine rings is 1. The molecule has 0 aromatic heterocycles. The lowest BCUT2D eigenvalue weighted by Crippen LogP contribution is -2.61. The lowest BCUT2D eigenvalue weighted by molar-refractivity contribution is -0.266. The van der Waals surface area contributed by atoms with E-state index in [0.717, 1.165) is 4.90 Å². The van der Waals surface area contributed by atoms with Gasteiger partial charge in [-0.05, 0) is 107 Å². The topological polar surface area (TPSA) is 205 Å². The monoisotopic (exact) mass is 1030 g/mol. The number of aliphatic hydroxyl groups is 3. The first-order chi connectivity index (χ1) is 33.9. The van der Waals surface area contributed by atoms with E-state index in [9.17, 15) is 52.5 Å². The predicted octanol–water partition coefficient (Wildman–Crippen LogP) is 7.13. The zero-order chi connectivity index (χ0) is 53.5. The Kier molecular flexibility index (Phi) is 24.0. The van der Waals surface area contributed by atoms with Gasteiger partial charge in [-0.2, -0.15) is 13.2 Å². The maximum atomic E-state index is 14.4. The number of aliphatic hydroxyl groups excluding tert-OH is 2. The molecule has 3 heterocycles. The van der Waals surface area contributed by atoms with Crippen molar-refractivity contribution in [2.75, 3.05) is 40.6 Å². The third-order valence-electron chi connectivity index (χ3n) is 15.0. The summed E-state index contributed by atoms with van der Waals surface area (Å²) in [5.41, 5.74) is 0.984. The number of allylic oxidation sites excluding steroid dienone is 6. The van der Waals surface area contributed by atoms with Gasteiger partial charge in [-0.3, -0.25) is 19.2 Å². The molecule has 4 rings (SSSR count). The lowest BCUT2D eigenvalue weighted by Gasteiger charge is -2.43. The van der Waals surface area contributed by atoms with E-state index in [0.29, 0.717) is 62.5 Å². The lowest BCUT2D eigenvalue weighted by atomic mass is 9.78. The van der Waals surface area contributed by atoms with Crippen LogP contribution in [0.2, 0.25) is 0 Å². The summed E-state index contributed by atoms with van der Waals surface area (Å²) in [5.74, 6) is -8.98. The van der Waals surface area contributed by atoms with Crippen molar-refractivity contribution in [1.29, 1.82) is 0 Å². The third-order valence-corrected chi connectivity index (χ3v) is 15.0. The molecule has 15 atom stereocenters. The molecule has 0 radical (unpaired) electrons. The Morgan fingerprint density at radius 1 is 0.875 bits per heavy atom. The van der Waals surface area contributed by atoms with Gasteiger partial charge in [0.25, 0.3) is 11.7 Å². The maximum Gasteiger partial charge on any atom is 0.411 e. The van der Waals surface area contributed by atoms with Gasteiger partial charge >= 0.3 is 12.1 Å². The number of hydrogen-bond acceptors (Lipinski definition) is 14. The summed E-state index contributed by atoms with van der Waals surface area (Å²) in [6.07, 6.45) is 4.09. The Balaban J connectivity index is 1.71. The van der Waals surface area contributed by atoms with Crippen LogP contribution < -0.4 is 0 Å². The number of ketones is 3. The second-order valence-electron chi connectivity index (χ2n) is 20.9. The number of esters is 1. The fraction of sp³-hybridized carbons (Fsp3) is 0.759. The second-order valence-corrected chi connectivity index (χ2v) is 20.9. The van der Waals surface area contributed by atoms with E-state index in [4.69, 9.17) is 28.4 Å². The summed E-state index contributed by atoms with van der Waals surface area (Å²) < 4.78 is 72.7. The summed E-state index contributed by atoms with van der Waals surface area (Å²) in [7, 11) is 2.88. The fourth-order valence-corrected chi connectivity index (χ4v) is 10.5. The van der Waals surface area contributed by atoms with Crippen molar-refractivity contribution in [2.24, 2.45) is 35.5 Å². The zero-order valence-electron chi connectivity index (χ0n) is 43.8. The minimum atomic E-state index is -4.53. The number of Topliss-reactive ketones (excluding diaryl/α,β-unsaturated/α-hetero) is 3. The molecule has 1 saturated carbocycles. The molecule has 408 valence electrons. The highest BCUT2D eigenvalue weighted by Crippen LogP contribution is 2.38. The maximum absolute atomic E-state index is 14.4. The molecule has 1 aliphatic carbocycles. The van der Waals surface area contributed by atoms with Crippen molar-refractivity contribution in [2.45, 2.75) is 186 Å². The van der Waals surface area contributed by atoms with E-state index in [2.05, 4.69) is 0 Å². The Hall–Kier alpha value is -3.62. The number of fused-ring (bicyclic) bond motifs is 3. The number of nitrogens with zero attached hydrogens (tertiary/aromatic N) is 1. The van der Waals surface area contributed by atoms with E-state index in [1.165, 1.54) is 7.11 Å². The zero-order valence-corrected chi connectivity index (χ0v) is 43.8. The summed E-state index contributed by atoms with van der Waals surface area (Å²) in [4.78, 5) is 72.2. The highest BCUT2D eigenvalue weighted by molar-refractivity contribution is 6.39. The Bertz CT molecular complexity index is 1940. The van der Waals surface area contributed by atoms with Gasteiger partial charge in [0.2, 0.25) is 5.79 Å². The van der Waals surface area contributed by atoms with Gasteiger partial charge in [0, 0.05) is 51.4 Å². The first-order valence-corrected chi connectivity index (χ1v) is 25.8. The molecule has 4 aliphatic rings. The van der Waals surface area contributed by atoms with Gasteiger partial charge in [-0.15, -0.1) is 0 Å². The minimum absolute atomic E-state index is 0.00526. The van der Waals surface area contributed by atoms with Crippen LogP contribution in [-0.2, 0) is 52.4 Å². The number of hydrogen-bond donors (Lipinski definition) is 3. The number of methoxy groups -OCH3 is 2. The standard InChI is InChI=1S/C54H82F3NO14/c1-32-15-11-10-12-16-33(2)44(70-24-23-69-31-53(55,56)57)29-40-20-18-38(7)54(66,72-40)50(63)51(64)58-22-14-13-17-41(58)52(65)71-45(35(4)27-39-19-21-42(59)46(28-39)67-8)30-43(60)34(3)26-37(6)48(62)49(68-9)47(61)36(5)25-32/h10-12,15-16,26,32,34-36,38-42,44-46,48-49,59,62,66H,13-14,17-25,27-31H2,1-9H3/b12-10+,15-11+,33-16+,37-26+/t32-,34-,35-,36-,38-,39+,40+,41+,42-,44?,45+,46-,48-,49+,54-/m1/s1. The van der Waals surface area contributed by atoms with Crippen molar-refractivity contribution in [3.05, 3.63) is 47.6 Å². The Morgan fingerprint density at radius 2 is 1.60 bits per heavy atom. The molecule has 1 unspecified atom stereocenters. The number of amides is 1. The number of cyclic esters (lactones) is 1.